The molecule has 0 heterocycles. The number of nitrogens with two attached hydrogens (primary N) is 1. The van der Waals surface area contributed by atoms with Crippen molar-refractivity contribution in [2.75, 3.05) is 0 Å². The summed E-state index contributed by atoms with van der Waals surface area (Å²) < 4.78 is 5.67. The molecular weight excluding hydrogens is 212 g/mol. The molecule has 80 valence electrons. The maximum Gasteiger partial charge on any atom is 0.124 e. The van der Waals surface area contributed by atoms with Crippen molar-refractivity contribution in [2.24, 2.45) is 5.73 Å². The molecular formula is C11H13ClN2O. The van der Waals surface area contributed by atoms with E-state index < -0.39 is 0 Å². The lowest BCUT2D eigenvalue weighted by molar-refractivity contribution is 0.120. The highest BCUT2D eigenvalue weighted by Gasteiger charge is 2.19. The number of nitrogens with one attached hydrogen (secondary N) is 1. The lowest BCUT2D eigenvalue weighted by atomic mass is 9.96. The van der Waals surface area contributed by atoms with E-state index in [-0.39, 0.29) is 5.84 Å². The Hall–Kier alpha value is -1.22. The summed E-state index contributed by atoms with van der Waals surface area (Å²) in [6.45, 7) is 0. The summed E-state index contributed by atoms with van der Waals surface area (Å²) in [4.78, 5) is 0. The molecule has 1 aromatic carbocycles. The zero-order chi connectivity index (χ0) is 10.8. The third-order valence-electron chi connectivity index (χ3n) is 2.59. The van der Waals surface area contributed by atoms with Crippen LogP contribution >= 0.6 is 11.6 Å². The average Bonchev–Trinajstić information content (AvgIpc) is 2.11. The zero-order valence-electron chi connectivity index (χ0n) is 8.29. The minimum atomic E-state index is -0.0183. The van der Waals surface area contributed by atoms with Gasteiger partial charge in [0.1, 0.15) is 11.6 Å². The van der Waals surface area contributed by atoms with Gasteiger partial charge in [0.2, 0.25) is 0 Å². The first-order chi connectivity index (χ1) is 7.16. The molecule has 0 spiro atoms. The van der Waals surface area contributed by atoms with Crippen molar-refractivity contribution < 1.29 is 4.74 Å². The molecule has 0 aromatic heterocycles. The van der Waals surface area contributed by atoms with E-state index in [2.05, 4.69) is 0 Å². The van der Waals surface area contributed by atoms with E-state index in [0.717, 1.165) is 18.6 Å². The van der Waals surface area contributed by atoms with Gasteiger partial charge in [0.25, 0.3) is 0 Å². The van der Waals surface area contributed by atoms with Gasteiger partial charge in [0, 0.05) is 5.56 Å². The van der Waals surface area contributed by atoms with Crippen LogP contribution in [0, 0.1) is 5.41 Å². The molecule has 0 amide bonds. The second-order valence-corrected chi connectivity index (χ2v) is 4.13. The molecule has 1 aromatic rings. The molecule has 0 atom stereocenters. The van der Waals surface area contributed by atoms with E-state index in [1.54, 1.807) is 18.2 Å². The Bertz CT molecular complexity index is 388. The topological polar surface area (TPSA) is 59.1 Å². The van der Waals surface area contributed by atoms with Crippen molar-refractivity contribution in [3.8, 4) is 5.75 Å². The lowest BCUT2D eigenvalue weighted by Crippen LogP contribution is -2.24. The molecule has 1 saturated carbocycles. The van der Waals surface area contributed by atoms with E-state index in [1.165, 1.54) is 6.42 Å². The summed E-state index contributed by atoms with van der Waals surface area (Å²) in [6, 6.07) is 5.25. The maximum atomic E-state index is 7.29. The number of rotatable bonds is 3. The second kappa shape index (κ2) is 4.11. The predicted molar refractivity (Wildman–Crippen MR) is 60.7 cm³/mol. The molecule has 0 bridgehead atoms. The first-order valence-electron chi connectivity index (χ1n) is 4.97. The van der Waals surface area contributed by atoms with Crippen LogP contribution < -0.4 is 10.5 Å². The Morgan fingerprint density at radius 3 is 2.67 bits per heavy atom. The van der Waals surface area contributed by atoms with Gasteiger partial charge >= 0.3 is 0 Å². The minimum absolute atomic E-state index is 0.0183. The number of benzene rings is 1. The molecule has 1 aliphatic carbocycles. The molecule has 0 aliphatic heterocycles. The van der Waals surface area contributed by atoms with Gasteiger partial charge in [-0.3, -0.25) is 5.41 Å². The van der Waals surface area contributed by atoms with Gasteiger partial charge in [-0.1, -0.05) is 11.6 Å². The molecule has 3 nitrogen and oxygen atoms in total. The first-order valence-corrected chi connectivity index (χ1v) is 5.35. The van der Waals surface area contributed by atoms with Gasteiger partial charge in [-0.05, 0) is 37.5 Å². The zero-order valence-corrected chi connectivity index (χ0v) is 9.05. The Morgan fingerprint density at radius 1 is 1.47 bits per heavy atom. The van der Waals surface area contributed by atoms with Crippen LogP contribution in [0.15, 0.2) is 18.2 Å². The molecule has 1 aliphatic rings. The van der Waals surface area contributed by atoms with Crippen molar-refractivity contribution >= 4 is 17.4 Å². The molecule has 3 N–H and O–H groups in total. The van der Waals surface area contributed by atoms with Gasteiger partial charge < -0.3 is 10.5 Å². The smallest absolute Gasteiger partial charge is 0.124 e. The number of halogens is 1. The van der Waals surface area contributed by atoms with Gasteiger partial charge in [0.15, 0.2) is 0 Å². The third kappa shape index (κ3) is 2.23. The summed E-state index contributed by atoms with van der Waals surface area (Å²) in [7, 11) is 0. The maximum absolute atomic E-state index is 7.29. The summed E-state index contributed by atoms with van der Waals surface area (Å²) >= 11 is 5.97. The molecule has 2 rings (SSSR count). The van der Waals surface area contributed by atoms with Crippen molar-refractivity contribution in [1.29, 1.82) is 5.41 Å². The van der Waals surface area contributed by atoms with Crippen molar-refractivity contribution in [3.63, 3.8) is 0 Å². The van der Waals surface area contributed by atoms with Gasteiger partial charge in [0.05, 0.1) is 11.1 Å². The fourth-order valence-electron chi connectivity index (χ4n) is 1.47. The van der Waals surface area contributed by atoms with Crippen molar-refractivity contribution in [3.05, 3.63) is 28.8 Å². The number of ether oxygens (including phenoxy) is 1. The van der Waals surface area contributed by atoms with E-state index in [4.69, 9.17) is 27.5 Å². The summed E-state index contributed by atoms with van der Waals surface area (Å²) in [5.41, 5.74) is 5.91. The number of hydrogen-bond donors (Lipinski definition) is 2. The Kier molecular flexibility index (Phi) is 2.82. The monoisotopic (exact) mass is 224 g/mol. The van der Waals surface area contributed by atoms with Crippen LogP contribution in [0.5, 0.6) is 5.75 Å². The summed E-state index contributed by atoms with van der Waals surface area (Å²) in [6.07, 6.45) is 3.81. The molecule has 0 saturated heterocycles. The van der Waals surface area contributed by atoms with E-state index in [0.29, 0.717) is 16.7 Å². The molecule has 15 heavy (non-hydrogen) atoms. The Balaban J connectivity index is 2.13. The van der Waals surface area contributed by atoms with Crippen LogP contribution in [0.4, 0.5) is 0 Å². The molecule has 0 radical (unpaired) electrons. The minimum Gasteiger partial charge on any atom is -0.490 e. The quantitative estimate of drug-likeness (QED) is 0.612. The van der Waals surface area contributed by atoms with E-state index in [1.807, 2.05) is 0 Å². The number of hydrogen-bond acceptors (Lipinski definition) is 2. The number of nitrogen functional groups attached to an aromatic ring is 1. The average molecular weight is 225 g/mol. The first kappa shape index (κ1) is 10.3. The highest BCUT2D eigenvalue weighted by Crippen LogP contribution is 2.28. The van der Waals surface area contributed by atoms with Crippen molar-refractivity contribution in [1.82, 2.24) is 0 Å². The van der Waals surface area contributed by atoms with E-state index in [9.17, 15) is 0 Å². The molecule has 0 unspecified atom stereocenters. The number of amidine groups is 1. The Morgan fingerprint density at radius 2 is 2.20 bits per heavy atom. The fourth-order valence-corrected chi connectivity index (χ4v) is 1.74. The Labute approximate surface area is 93.7 Å². The van der Waals surface area contributed by atoms with Crippen LogP contribution in [-0.4, -0.2) is 11.9 Å². The van der Waals surface area contributed by atoms with Crippen LogP contribution in [0.1, 0.15) is 24.8 Å². The van der Waals surface area contributed by atoms with Crippen molar-refractivity contribution in [2.45, 2.75) is 25.4 Å². The normalized spacial score (nSPS) is 15.8. The van der Waals surface area contributed by atoms with Gasteiger partial charge in [-0.2, -0.15) is 0 Å². The SMILES string of the molecule is N=C(N)c1ccc(OC2CCC2)cc1Cl. The molecule has 1 fully saturated rings. The van der Waals surface area contributed by atoms with Crippen LogP contribution in [0.3, 0.4) is 0 Å². The molecule has 4 heteroatoms. The highest BCUT2D eigenvalue weighted by atomic mass is 35.5. The van der Waals surface area contributed by atoms with Crippen LogP contribution in [0.25, 0.3) is 0 Å². The second-order valence-electron chi connectivity index (χ2n) is 3.73. The largest absolute Gasteiger partial charge is 0.490 e. The van der Waals surface area contributed by atoms with Crippen LogP contribution in [-0.2, 0) is 0 Å². The van der Waals surface area contributed by atoms with Crippen LogP contribution in [0.2, 0.25) is 5.02 Å². The lowest BCUT2D eigenvalue weighted by Gasteiger charge is -2.26. The predicted octanol–water partition coefficient (Wildman–Crippen LogP) is 2.56. The summed E-state index contributed by atoms with van der Waals surface area (Å²) in [5, 5.41) is 7.76. The summed E-state index contributed by atoms with van der Waals surface area (Å²) in [5.74, 6) is 0.741. The van der Waals surface area contributed by atoms with E-state index >= 15 is 0 Å². The van der Waals surface area contributed by atoms with Gasteiger partial charge in [-0.25, -0.2) is 0 Å². The highest BCUT2D eigenvalue weighted by molar-refractivity contribution is 6.34. The standard InChI is InChI=1S/C11H13ClN2O/c12-10-6-8(15-7-2-1-3-7)4-5-9(10)11(13)14/h4-7H,1-3H2,(H3,13,14). The van der Waals surface area contributed by atoms with Gasteiger partial charge in [-0.15, -0.1) is 0 Å². The third-order valence-corrected chi connectivity index (χ3v) is 2.90. The fraction of sp³-hybridized carbons (Fsp3) is 0.364.